The first-order chi connectivity index (χ1) is 29.5. The number of alkyl carbamates (subject to hydrolysis) is 2. The molecule has 0 unspecified atom stereocenters. The van der Waals surface area contributed by atoms with Gasteiger partial charge in [0.1, 0.15) is 18.9 Å². The van der Waals surface area contributed by atoms with E-state index in [2.05, 4.69) is 112 Å². The summed E-state index contributed by atoms with van der Waals surface area (Å²) >= 11 is 0. The first kappa shape index (κ1) is 56.1. The summed E-state index contributed by atoms with van der Waals surface area (Å²) in [5.74, 6) is 0.167. The number of aromatic nitrogens is 2. The molecule has 330 valence electrons. The summed E-state index contributed by atoms with van der Waals surface area (Å²) in [5, 5.41) is 11.0. The number of aromatic amines is 1. The molecule has 1 aromatic heterocycles. The second-order valence-electron chi connectivity index (χ2n) is 12.9. The summed E-state index contributed by atoms with van der Waals surface area (Å²) < 4.78 is 9.06. The summed E-state index contributed by atoms with van der Waals surface area (Å²) in [5.41, 5.74) is 5.08. The number of nitrogens with one attached hydrogen (secondary N) is 5. The Morgan fingerprint density at radius 2 is 1.30 bits per heavy atom. The fourth-order valence-corrected chi connectivity index (χ4v) is 5.36. The summed E-state index contributed by atoms with van der Waals surface area (Å²) in [6, 6.07) is 16.3. The number of H-pyrrole nitrogens is 1. The van der Waals surface area contributed by atoms with Gasteiger partial charge in [-0.15, -0.1) is 38.5 Å². The van der Waals surface area contributed by atoms with Crippen LogP contribution in [0.1, 0.15) is 84.5 Å². The zero-order valence-electron chi connectivity index (χ0n) is 37.2. The van der Waals surface area contributed by atoms with E-state index in [-0.39, 0.29) is 24.9 Å². The molecule has 0 atom stereocenters. The Kier molecular flexibility index (Phi) is 31.2. The quantitative estimate of drug-likeness (QED) is 0.0779. The maximum Gasteiger partial charge on any atom is 0.407 e. The molecule has 61 heavy (non-hydrogen) atoms. The molecule has 1 aliphatic rings. The van der Waals surface area contributed by atoms with E-state index in [1.54, 1.807) is 23.5 Å². The van der Waals surface area contributed by atoms with Crippen molar-refractivity contribution in [2.75, 3.05) is 47.4 Å². The lowest BCUT2D eigenvalue weighted by Crippen LogP contribution is -2.53. The summed E-state index contributed by atoms with van der Waals surface area (Å²) in [6.07, 6.45) is 33.6. The fourth-order valence-electron chi connectivity index (χ4n) is 5.36. The van der Waals surface area contributed by atoms with Crippen LogP contribution >= 0.6 is 0 Å². The van der Waals surface area contributed by atoms with Crippen molar-refractivity contribution in [3.05, 3.63) is 72.3 Å². The molecule has 0 saturated heterocycles. The molecule has 0 bridgehead atoms. The van der Waals surface area contributed by atoms with Gasteiger partial charge >= 0.3 is 12.2 Å². The van der Waals surface area contributed by atoms with E-state index in [9.17, 15) is 19.2 Å². The van der Waals surface area contributed by atoms with E-state index in [0.29, 0.717) is 18.9 Å². The number of aliphatic imine (C=N–C) groups is 1. The molecular formula is C47H66N8O6. The fraction of sp³-hybridized carbons (Fsp3) is 0.404. The minimum absolute atomic E-state index is 0.140. The maximum absolute atomic E-state index is 12.5. The number of imidazole rings is 1. The van der Waals surface area contributed by atoms with Crippen molar-refractivity contribution >= 4 is 35.9 Å². The first-order valence-electron chi connectivity index (χ1n) is 19.9. The number of rotatable bonds is 15. The van der Waals surface area contributed by atoms with E-state index in [4.69, 9.17) is 0 Å². The van der Waals surface area contributed by atoms with Gasteiger partial charge in [0.05, 0.1) is 50.1 Å². The summed E-state index contributed by atoms with van der Waals surface area (Å²) in [4.78, 5) is 61.6. The number of benzene rings is 2. The maximum atomic E-state index is 12.5. The molecule has 1 heterocycles. The average molecular weight is 839 g/mol. The van der Waals surface area contributed by atoms with Crippen LogP contribution in [0, 0.1) is 38.5 Å². The highest BCUT2D eigenvalue weighted by Crippen LogP contribution is 2.40. The van der Waals surface area contributed by atoms with Gasteiger partial charge in [0, 0.05) is 19.8 Å². The van der Waals surface area contributed by atoms with Crippen LogP contribution in [0.5, 0.6) is 0 Å². The standard InChI is InChI=1S/C35H44N8O6.2C3H8.3C2H2/c1-5-18-43(31(45)23-40-34(47)49-4)19-17-37-20-28(36-2)26-11-7-24(8-12-26)25-9-13-27(14-10-25)29-21-38-32(41-29)35(15-6-16-35)42-30(44)22-39-33(46)48-3;2*1-3-2;3*1-2/h7-14,17,20-21,36H,5-6,15-16,18-19,22-23H2,1-4H3,(H,38,41)(H,39,46)(H,40,47)(H,42,44);2*3H2,1-2H3;3*1-2H/b28-20-,37-17?;;;;;. The van der Waals surface area contributed by atoms with Crippen molar-refractivity contribution in [1.82, 2.24) is 36.1 Å². The Balaban J connectivity index is 0. The molecular weight excluding hydrogens is 773 g/mol. The van der Waals surface area contributed by atoms with E-state index in [1.807, 2.05) is 62.5 Å². The third-order valence-corrected chi connectivity index (χ3v) is 8.21. The van der Waals surface area contributed by atoms with Gasteiger partial charge in [-0.1, -0.05) is 96.0 Å². The van der Waals surface area contributed by atoms with Gasteiger partial charge in [-0.05, 0) is 47.9 Å². The Morgan fingerprint density at radius 1 is 0.803 bits per heavy atom. The number of carbonyl (C=O) groups is 4. The molecule has 14 nitrogen and oxygen atoms in total. The Bertz CT molecular complexity index is 1810. The second kappa shape index (κ2) is 33.9. The van der Waals surface area contributed by atoms with Gasteiger partial charge in [-0.3, -0.25) is 14.6 Å². The zero-order chi connectivity index (χ0) is 46.6. The zero-order valence-corrected chi connectivity index (χ0v) is 37.2. The number of hydrogen-bond acceptors (Lipinski definition) is 9. The number of ether oxygens (including phenoxy) is 2. The topological polar surface area (TPSA) is 179 Å². The molecule has 1 aliphatic carbocycles. The van der Waals surface area contributed by atoms with Crippen LogP contribution in [0.15, 0.2) is 65.9 Å². The molecule has 0 aliphatic heterocycles. The van der Waals surface area contributed by atoms with E-state index < -0.39 is 17.7 Å². The van der Waals surface area contributed by atoms with Gasteiger partial charge in [-0.25, -0.2) is 14.6 Å². The summed E-state index contributed by atoms with van der Waals surface area (Å²) in [6.45, 7) is 11.0. The second-order valence-corrected chi connectivity index (χ2v) is 12.9. The SMILES string of the molecule is C#C.C#C.C#C.CCC.CCC.CCCN(CC=N/C=C(\NC)c1ccc(-c2ccc(-c3cnc(C4(NC(=O)CNC(=O)OC)CCC4)[nH]3)cc2)cc1)C(=O)CNC(=O)OC. The third-order valence-electron chi connectivity index (χ3n) is 8.21. The summed E-state index contributed by atoms with van der Waals surface area (Å²) in [7, 11) is 4.32. The molecule has 2 aromatic carbocycles. The lowest BCUT2D eigenvalue weighted by atomic mass is 9.76. The molecule has 0 radical (unpaired) electrons. The number of carbonyl (C=O) groups excluding carboxylic acids is 4. The number of nitrogens with zero attached hydrogens (tertiary/aromatic N) is 3. The molecule has 1 saturated carbocycles. The van der Waals surface area contributed by atoms with E-state index >= 15 is 0 Å². The Hall–Kier alpha value is -6.98. The highest BCUT2D eigenvalue weighted by molar-refractivity contribution is 5.84. The van der Waals surface area contributed by atoms with E-state index in [0.717, 1.165) is 59.3 Å². The van der Waals surface area contributed by atoms with Gasteiger partial charge in [0.25, 0.3) is 0 Å². The number of amides is 4. The van der Waals surface area contributed by atoms with Crippen LogP contribution in [0.25, 0.3) is 28.1 Å². The lowest BCUT2D eigenvalue weighted by molar-refractivity contribution is -0.129. The molecule has 5 N–H and O–H groups in total. The van der Waals surface area contributed by atoms with Crippen LogP contribution in [-0.2, 0) is 24.6 Å². The predicted octanol–water partition coefficient (Wildman–Crippen LogP) is 7.36. The Morgan fingerprint density at radius 3 is 1.75 bits per heavy atom. The average Bonchev–Trinajstić information content (AvgIpc) is 3.79. The normalized spacial score (nSPS) is 11.6. The molecule has 1 fully saturated rings. The number of methoxy groups -OCH3 is 2. The molecule has 4 rings (SSSR count). The van der Waals surface area contributed by atoms with Crippen molar-refractivity contribution < 1.29 is 28.7 Å². The van der Waals surface area contributed by atoms with E-state index in [1.165, 1.54) is 27.1 Å². The van der Waals surface area contributed by atoms with Crippen LogP contribution in [-0.4, -0.2) is 92.5 Å². The Labute approximate surface area is 364 Å². The van der Waals surface area contributed by atoms with Crippen molar-refractivity contribution in [2.24, 2.45) is 4.99 Å². The van der Waals surface area contributed by atoms with Crippen LogP contribution in [0.2, 0.25) is 0 Å². The van der Waals surface area contributed by atoms with Crippen LogP contribution < -0.4 is 21.3 Å². The predicted molar refractivity (Wildman–Crippen MR) is 248 cm³/mol. The monoisotopic (exact) mass is 839 g/mol. The van der Waals surface area contributed by atoms with Crippen molar-refractivity contribution in [3.8, 4) is 60.9 Å². The third kappa shape index (κ3) is 20.0. The lowest BCUT2D eigenvalue weighted by Gasteiger charge is -2.40. The van der Waals surface area contributed by atoms with Crippen molar-refractivity contribution in [2.45, 2.75) is 78.7 Å². The van der Waals surface area contributed by atoms with Gasteiger partial charge < -0.3 is 40.6 Å². The van der Waals surface area contributed by atoms with Gasteiger partial charge in [0.2, 0.25) is 11.8 Å². The first-order valence-corrected chi connectivity index (χ1v) is 19.9. The minimum Gasteiger partial charge on any atom is -0.453 e. The van der Waals surface area contributed by atoms with Crippen LogP contribution in [0.3, 0.4) is 0 Å². The van der Waals surface area contributed by atoms with Crippen molar-refractivity contribution in [3.63, 3.8) is 0 Å². The largest absolute Gasteiger partial charge is 0.453 e. The molecule has 0 spiro atoms. The molecule has 4 amide bonds. The van der Waals surface area contributed by atoms with Gasteiger partial charge in [-0.2, -0.15) is 0 Å². The number of terminal acetylenes is 3. The molecule has 14 heteroatoms. The highest BCUT2D eigenvalue weighted by Gasteiger charge is 2.42. The smallest absolute Gasteiger partial charge is 0.407 e. The number of hydrogen-bond donors (Lipinski definition) is 5. The van der Waals surface area contributed by atoms with Gasteiger partial charge in [0.15, 0.2) is 0 Å². The molecule has 3 aromatic rings. The minimum atomic E-state index is -0.659. The van der Waals surface area contributed by atoms with Crippen molar-refractivity contribution in [1.29, 1.82) is 0 Å². The van der Waals surface area contributed by atoms with Crippen LogP contribution in [0.4, 0.5) is 9.59 Å². The highest BCUT2D eigenvalue weighted by atomic mass is 16.5.